The van der Waals surface area contributed by atoms with Gasteiger partial charge < -0.3 is 5.32 Å². The second-order valence-corrected chi connectivity index (χ2v) is 4.20. The second-order valence-electron chi connectivity index (χ2n) is 4.20. The van der Waals surface area contributed by atoms with Crippen LogP contribution >= 0.6 is 0 Å². The van der Waals surface area contributed by atoms with E-state index in [1.807, 2.05) is 42.6 Å². The molecule has 0 fully saturated rings. The van der Waals surface area contributed by atoms with Gasteiger partial charge in [-0.25, -0.2) is 0 Å². The van der Waals surface area contributed by atoms with Crippen LogP contribution in [0.25, 0.3) is 0 Å². The summed E-state index contributed by atoms with van der Waals surface area (Å²) in [7, 11) is 0. The molecule has 1 aliphatic heterocycles. The monoisotopic (exact) mass is 234 g/mol. The fourth-order valence-electron chi connectivity index (χ4n) is 2.03. The van der Waals surface area contributed by atoms with Crippen LogP contribution in [0.5, 0.6) is 0 Å². The molecular weight excluding hydrogens is 220 g/mol. The molecule has 1 N–H and O–H groups in total. The van der Waals surface area contributed by atoms with E-state index in [4.69, 9.17) is 4.99 Å². The first kappa shape index (κ1) is 10.8. The Bertz CT molecular complexity index is 571. The normalized spacial score (nSPS) is 18.0. The molecule has 0 spiro atoms. The van der Waals surface area contributed by atoms with E-state index < -0.39 is 0 Å². The molecule has 2 heteroatoms. The standard InChI is InChI=1S/C16H14N2/c1-3-7-13(8-4-1)15-11-12-17-16(18-15)14-9-5-2-6-10-14/h1-12,15H,(H,17,18). The molecule has 1 atom stereocenters. The minimum atomic E-state index is 0.0997. The summed E-state index contributed by atoms with van der Waals surface area (Å²) in [5.74, 6) is 0.923. The predicted molar refractivity (Wildman–Crippen MR) is 74.4 cm³/mol. The summed E-state index contributed by atoms with van der Waals surface area (Å²) < 4.78 is 0. The average Bonchev–Trinajstić information content (AvgIpc) is 2.49. The van der Waals surface area contributed by atoms with Crippen molar-refractivity contribution in [2.24, 2.45) is 4.99 Å². The predicted octanol–water partition coefficient (Wildman–Crippen LogP) is 3.29. The zero-order valence-electron chi connectivity index (χ0n) is 9.95. The minimum Gasteiger partial charge on any atom is -0.347 e. The van der Waals surface area contributed by atoms with Crippen LogP contribution in [0.2, 0.25) is 0 Å². The van der Waals surface area contributed by atoms with Crippen LogP contribution in [0.1, 0.15) is 17.2 Å². The maximum absolute atomic E-state index is 4.74. The zero-order valence-corrected chi connectivity index (χ0v) is 9.95. The molecular formula is C16H14N2. The van der Waals surface area contributed by atoms with Crippen molar-refractivity contribution in [2.45, 2.75) is 6.04 Å². The van der Waals surface area contributed by atoms with Gasteiger partial charge in [0.15, 0.2) is 0 Å². The topological polar surface area (TPSA) is 24.4 Å². The zero-order chi connectivity index (χ0) is 12.2. The average molecular weight is 234 g/mol. The van der Waals surface area contributed by atoms with Gasteiger partial charge in [0.25, 0.3) is 0 Å². The third-order valence-electron chi connectivity index (χ3n) is 2.96. The number of hydrogen-bond acceptors (Lipinski definition) is 2. The smallest absolute Gasteiger partial charge is 0.133 e. The van der Waals surface area contributed by atoms with Crippen molar-refractivity contribution in [3.05, 3.63) is 84.1 Å². The summed E-state index contributed by atoms with van der Waals surface area (Å²) in [6.45, 7) is 0. The summed E-state index contributed by atoms with van der Waals surface area (Å²) >= 11 is 0. The highest BCUT2D eigenvalue weighted by Gasteiger charge is 2.12. The summed E-state index contributed by atoms with van der Waals surface area (Å²) in [6.07, 6.45) is 4.04. The Balaban J connectivity index is 1.93. The van der Waals surface area contributed by atoms with Crippen molar-refractivity contribution in [2.75, 3.05) is 0 Å². The Kier molecular flexibility index (Phi) is 2.92. The van der Waals surface area contributed by atoms with Crippen LogP contribution in [-0.4, -0.2) is 5.84 Å². The van der Waals surface area contributed by atoms with E-state index >= 15 is 0 Å². The van der Waals surface area contributed by atoms with Crippen LogP contribution in [-0.2, 0) is 0 Å². The molecule has 0 saturated heterocycles. The molecule has 0 aliphatic carbocycles. The lowest BCUT2D eigenvalue weighted by Crippen LogP contribution is -2.23. The van der Waals surface area contributed by atoms with E-state index in [1.54, 1.807) is 0 Å². The molecule has 0 radical (unpaired) electrons. The Morgan fingerprint density at radius 1 is 0.833 bits per heavy atom. The molecule has 0 amide bonds. The van der Waals surface area contributed by atoms with Crippen molar-refractivity contribution in [3.63, 3.8) is 0 Å². The van der Waals surface area contributed by atoms with Crippen LogP contribution in [0.4, 0.5) is 0 Å². The lowest BCUT2D eigenvalue weighted by molar-refractivity contribution is 0.872. The van der Waals surface area contributed by atoms with E-state index in [9.17, 15) is 0 Å². The summed E-state index contributed by atoms with van der Waals surface area (Å²) in [5.41, 5.74) is 2.33. The molecule has 2 nitrogen and oxygen atoms in total. The number of nitrogens with one attached hydrogen (secondary N) is 1. The molecule has 2 aromatic carbocycles. The first-order valence-corrected chi connectivity index (χ1v) is 6.05. The lowest BCUT2D eigenvalue weighted by atomic mass is 10.1. The Labute approximate surface area is 107 Å². The van der Waals surface area contributed by atoms with Gasteiger partial charge in [0.05, 0.1) is 6.04 Å². The summed E-state index contributed by atoms with van der Waals surface area (Å²) in [5, 5.41) is 3.20. The Morgan fingerprint density at radius 2 is 1.50 bits per heavy atom. The fraction of sp³-hybridized carbons (Fsp3) is 0.0625. The second kappa shape index (κ2) is 4.88. The Hall–Kier alpha value is -2.35. The fourth-order valence-corrected chi connectivity index (χ4v) is 2.03. The third kappa shape index (κ3) is 2.18. The number of aliphatic imine (C=N–C) groups is 1. The molecule has 1 aliphatic rings. The molecule has 0 saturated carbocycles. The molecule has 18 heavy (non-hydrogen) atoms. The minimum absolute atomic E-state index is 0.0997. The SMILES string of the molecule is C1=CC(c2ccccc2)N=C(c2ccccc2)N1. The van der Waals surface area contributed by atoms with Gasteiger partial charge in [-0.15, -0.1) is 0 Å². The maximum Gasteiger partial charge on any atom is 0.133 e. The highest BCUT2D eigenvalue weighted by molar-refractivity contribution is 6.00. The summed E-state index contributed by atoms with van der Waals surface area (Å²) in [6, 6.07) is 20.6. The quantitative estimate of drug-likeness (QED) is 0.847. The van der Waals surface area contributed by atoms with Crippen LogP contribution < -0.4 is 5.32 Å². The van der Waals surface area contributed by atoms with Crippen molar-refractivity contribution in [3.8, 4) is 0 Å². The van der Waals surface area contributed by atoms with Crippen molar-refractivity contribution in [1.82, 2.24) is 5.32 Å². The first-order chi connectivity index (χ1) is 8.93. The molecule has 1 unspecified atom stereocenters. The van der Waals surface area contributed by atoms with E-state index in [2.05, 4.69) is 35.7 Å². The number of nitrogens with zero attached hydrogens (tertiary/aromatic N) is 1. The van der Waals surface area contributed by atoms with Crippen LogP contribution in [0.3, 0.4) is 0 Å². The van der Waals surface area contributed by atoms with Crippen molar-refractivity contribution in [1.29, 1.82) is 0 Å². The van der Waals surface area contributed by atoms with E-state index in [1.165, 1.54) is 5.56 Å². The number of rotatable bonds is 2. The van der Waals surface area contributed by atoms with Crippen LogP contribution in [0, 0.1) is 0 Å². The summed E-state index contributed by atoms with van der Waals surface area (Å²) in [4.78, 5) is 4.74. The van der Waals surface area contributed by atoms with Gasteiger partial charge in [-0.1, -0.05) is 60.7 Å². The largest absolute Gasteiger partial charge is 0.347 e. The molecule has 0 aromatic heterocycles. The highest BCUT2D eigenvalue weighted by atomic mass is 15.0. The lowest BCUT2D eigenvalue weighted by Gasteiger charge is -2.17. The van der Waals surface area contributed by atoms with Crippen molar-refractivity contribution >= 4 is 5.84 Å². The molecule has 0 bridgehead atoms. The highest BCUT2D eigenvalue weighted by Crippen LogP contribution is 2.21. The van der Waals surface area contributed by atoms with Gasteiger partial charge in [0, 0.05) is 11.8 Å². The van der Waals surface area contributed by atoms with Gasteiger partial charge in [-0.05, 0) is 11.6 Å². The van der Waals surface area contributed by atoms with E-state index in [0.717, 1.165) is 11.4 Å². The third-order valence-corrected chi connectivity index (χ3v) is 2.96. The number of amidine groups is 1. The number of benzene rings is 2. The van der Waals surface area contributed by atoms with E-state index in [-0.39, 0.29) is 6.04 Å². The number of hydrogen-bond donors (Lipinski definition) is 1. The van der Waals surface area contributed by atoms with Gasteiger partial charge in [-0.3, -0.25) is 4.99 Å². The maximum atomic E-state index is 4.74. The molecule has 88 valence electrons. The van der Waals surface area contributed by atoms with Gasteiger partial charge in [-0.2, -0.15) is 0 Å². The van der Waals surface area contributed by atoms with Gasteiger partial charge >= 0.3 is 0 Å². The Morgan fingerprint density at radius 3 is 2.22 bits per heavy atom. The van der Waals surface area contributed by atoms with E-state index in [0.29, 0.717) is 0 Å². The molecule has 2 aromatic rings. The first-order valence-electron chi connectivity index (χ1n) is 6.05. The molecule has 1 heterocycles. The van der Waals surface area contributed by atoms with Crippen LogP contribution in [0.15, 0.2) is 77.9 Å². The van der Waals surface area contributed by atoms with Crippen molar-refractivity contribution < 1.29 is 0 Å². The molecule has 3 rings (SSSR count). The van der Waals surface area contributed by atoms with Gasteiger partial charge in [0.1, 0.15) is 5.84 Å². The van der Waals surface area contributed by atoms with Gasteiger partial charge in [0.2, 0.25) is 0 Å².